The van der Waals surface area contributed by atoms with Crippen LogP contribution in [0.2, 0.25) is 11.0 Å². The van der Waals surface area contributed by atoms with E-state index in [0.29, 0.717) is 0 Å². The third-order valence-electron chi connectivity index (χ3n) is 0. The summed E-state index contributed by atoms with van der Waals surface area (Å²) in [4.78, 5) is 0. The average molecular weight is 356 g/mol. The maximum Gasteiger partial charge on any atom is 3.00 e. The second-order valence-corrected chi connectivity index (χ2v) is 9.80. The van der Waals surface area contributed by atoms with Gasteiger partial charge in [-0.3, -0.25) is 0 Å². The van der Waals surface area contributed by atoms with E-state index < -0.39 is 15.2 Å². The first kappa shape index (κ1) is 31.0. The molecular formula is C2H6Cl4GaIn. The molecule has 8 heavy (non-hydrogen) atoms. The normalized spacial score (nSPS) is 3.38. The summed E-state index contributed by atoms with van der Waals surface area (Å²) < 4.78 is 0. The van der Waals surface area contributed by atoms with E-state index in [9.17, 15) is 0 Å². The molecule has 0 unspecified atom stereocenters. The molecule has 0 saturated carbocycles. The molecule has 0 nitrogen and oxygen atoms in total. The Kier molecular flexibility index (Phi) is 87.7. The van der Waals surface area contributed by atoms with Crippen LogP contribution in [0, 0.1) is 0 Å². The minimum absolute atomic E-state index is 0. The molecule has 0 fully saturated rings. The van der Waals surface area contributed by atoms with Gasteiger partial charge in [0, 0.05) is 0 Å². The van der Waals surface area contributed by atoms with Gasteiger partial charge >= 0.3 is 61.7 Å². The van der Waals surface area contributed by atoms with E-state index in [0.717, 1.165) is 0 Å². The second kappa shape index (κ2) is 22.6. The number of rotatable bonds is 0. The van der Waals surface area contributed by atoms with Gasteiger partial charge in [0.25, 0.3) is 0 Å². The fraction of sp³-hybridized carbons (Fsp3) is 1.00. The van der Waals surface area contributed by atoms with Crippen LogP contribution in [0.15, 0.2) is 0 Å². The summed E-state index contributed by atoms with van der Waals surface area (Å²) in [5.41, 5.74) is 4.24. The van der Waals surface area contributed by atoms with Crippen LogP contribution in [0.3, 0.4) is 0 Å². The van der Waals surface area contributed by atoms with Crippen molar-refractivity contribution in [1.82, 2.24) is 0 Å². The monoisotopic (exact) mass is 354 g/mol. The summed E-state index contributed by atoms with van der Waals surface area (Å²) in [5, 5.41) is 0. The summed E-state index contributed by atoms with van der Waals surface area (Å²) in [6, 6.07) is 0. The summed E-state index contributed by atoms with van der Waals surface area (Å²) >= 11 is -1.01. The molecule has 0 spiro atoms. The molecule has 0 amide bonds. The average Bonchev–Trinajstić information content (AvgIpc) is 0.811. The first-order chi connectivity index (χ1) is 1.73. The first-order valence-electron chi connectivity index (χ1n) is 1.37. The summed E-state index contributed by atoms with van der Waals surface area (Å²) in [5.74, 6) is 0. The summed E-state index contributed by atoms with van der Waals surface area (Å²) in [6.07, 6.45) is 0. The number of halogens is 4. The second-order valence-electron chi connectivity index (χ2n) is 1.01. The van der Waals surface area contributed by atoms with Crippen molar-refractivity contribution in [3.05, 3.63) is 0 Å². The topological polar surface area (TPSA) is 0 Å². The van der Waals surface area contributed by atoms with Crippen LogP contribution in [0.25, 0.3) is 0 Å². The molecule has 0 N–H and O–H groups in total. The smallest absolute Gasteiger partial charge is 1.00 e. The van der Waals surface area contributed by atoms with Crippen LogP contribution in [0.5, 0.6) is 0 Å². The van der Waals surface area contributed by atoms with E-state index in [4.69, 9.17) is 9.64 Å². The van der Waals surface area contributed by atoms with Crippen molar-refractivity contribution in [2.45, 2.75) is 11.0 Å². The van der Waals surface area contributed by atoms with Crippen molar-refractivity contribution < 1.29 is 37.2 Å². The molecule has 0 aliphatic heterocycles. The standard InChI is InChI=1S/2CH3.4ClH.Ga.In/h2*1H3;4*1H;;/q;;;;;;+1;+3/p-4. The molecule has 6 heteroatoms. The minimum atomic E-state index is -1.01. The van der Waals surface area contributed by atoms with Gasteiger partial charge in [0.1, 0.15) is 0 Å². The molecule has 0 aromatic rings. The predicted octanol–water partition coefficient (Wildman–Crippen LogP) is -7.89. The molecule has 0 aliphatic carbocycles. The van der Waals surface area contributed by atoms with Crippen molar-refractivity contribution >= 4 is 50.7 Å². The zero-order valence-electron chi connectivity index (χ0n) is 4.67. The Hall–Kier alpha value is 2.67. The van der Waals surface area contributed by atoms with Gasteiger partial charge in [0.15, 0.2) is 0 Å². The zero-order chi connectivity index (χ0) is 3.58. The van der Waals surface area contributed by atoms with E-state index in [1.165, 1.54) is 0 Å². The molecule has 0 aromatic heterocycles. The third-order valence-corrected chi connectivity index (χ3v) is 0. The fourth-order valence-corrected chi connectivity index (χ4v) is 0. The van der Waals surface area contributed by atoms with Gasteiger partial charge < -0.3 is 37.2 Å². The Balaban J connectivity index is -0.00000000750. The van der Waals surface area contributed by atoms with E-state index in [1.54, 1.807) is 0 Å². The molecule has 0 rings (SSSR count). The van der Waals surface area contributed by atoms with Gasteiger partial charge in [-0.2, -0.15) is 0 Å². The summed E-state index contributed by atoms with van der Waals surface area (Å²) in [6.45, 7) is 0. The summed E-state index contributed by atoms with van der Waals surface area (Å²) in [7, 11) is 5.46. The van der Waals surface area contributed by atoms with E-state index in [-0.39, 0.29) is 63.1 Å². The van der Waals surface area contributed by atoms with Gasteiger partial charge in [-0.25, -0.2) is 0 Å². The maximum absolute atomic E-state index is 5.46. The van der Waals surface area contributed by atoms with Crippen LogP contribution < -0.4 is 37.2 Å². The van der Waals surface area contributed by atoms with Crippen LogP contribution in [0.1, 0.15) is 0 Å². The molecule has 48 valence electrons. The Labute approximate surface area is 97.6 Å². The van der Waals surface area contributed by atoms with Gasteiger partial charge in [0.05, 0.1) is 0 Å². The molecular weight excluding hydrogens is 350 g/mol. The van der Waals surface area contributed by atoms with Crippen LogP contribution >= 0.6 is 9.64 Å². The Morgan fingerprint density at radius 2 is 1.00 bits per heavy atom. The Morgan fingerprint density at radius 3 is 1.00 bits per heavy atom. The molecule has 0 saturated heterocycles. The first-order valence-corrected chi connectivity index (χ1v) is 9.40. The SMILES string of the molecule is [CH3][Ga]([CH3])[Cl].[Cl-].[Cl-].[Cl-].[In+3]. The minimum Gasteiger partial charge on any atom is -1.00 e. The molecule has 0 bridgehead atoms. The number of hydrogen-bond acceptors (Lipinski definition) is 0. The quantitative estimate of drug-likeness (QED) is 0.379. The Bertz CT molecular complexity index is 18.8. The molecule has 0 aliphatic rings. The molecule has 0 atom stereocenters. The maximum atomic E-state index is 5.46. The van der Waals surface area contributed by atoms with E-state index in [1.807, 2.05) is 0 Å². The Morgan fingerprint density at radius 1 is 1.00 bits per heavy atom. The van der Waals surface area contributed by atoms with Crippen LogP contribution in [-0.4, -0.2) is 41.1 Å². The van der Waals surface area contributed by atoms with E-state index >= 15 is 0 Å². The predicted molar refractivity (Wildman–Crippen MR) is 29.1 cm³/mol. The van der Waals surface area contributed by atoms with Gasteiger partial charge in [0.2, 0.25) is 0 Å². The molecule has 0 aromatic carbocycles. The number of hydrogen-bond donors (Lipinski definition) is 0. The largest absolute Gasteiger partial charge is 3.00 e. The van der Waals surface area contributed by atoms with Crippen molar-refractivity contribution in [3.63, 3.8) is 0 Å². The van der Waals surface area contributed by atoms with Gasteiger partial charge in [-0.05, 0) is 0 Å². The third kappa shape index (κ3) is 71.6. The van der Waals surface area contributed by atoms with Gasteiger partial charge in [-0.1, -0.05) is 0 Å². The van der Waals surface area contributed by atoms with Crippen LogP contribution in [0.4, 0.5) is 0 Å². The van der Waals surface area contributed by atoms with Crippen molar-refractivity contribution in [3.8, 4) is 0 Å². The zero-order valence-corrected chi connectivity index (χ0v) is 13.4. The molecule has 0 radical (unpaired) electrons. The van der Waals surface area contributed by atoms with Crippen LogP contribution in [-0.2, 0) is 0 Å². The fourth-order valence-electron chi connectivity index (χ4n) is 0. The van der Waals surface area contributed by atoms with Gasteiger partial charge in [-0.15, -0.1) is 0 Å². The van der Waals surface area contributed by atoms with Crippen molar-refractivity contribution in [1.29, 1.82) is 0 Å². The van der Waals surface area contributed by atoms with E-state index in [2.05, 4.69) is 11.0 Å². The molecule has 0 heterocycles. The van der Waals surface area contributed by atoms with Crippen molar-refractivity contribution in [2.75, 3.05) is 0 Å². The van der Waals surface area contributed by atoms with Crippen molar-refractivity contribution in [2.24, 2.45) is 0 Å².